The number of sulfonamides is 2. The molecule has 0 atom stereocenters. The minimum Gasteiger partial charge on any atom is -0.497 e. The van der Waals surface area contributed by atoms with Crippen LogP contribution in [0.25, 0.3) is 0 Å². The summed E-state index contributed by atoms with van der Waals surface area (Å²) in [5.41, 5.74) is 4.05. The Kier molecular flexibility index (Phi) is 14.0. The van der Waals surface area contributed by atoms with Gasteiger partial charge in [-0.1, -0.05) is 48.0 Å². The number of rotatable bonds is 11. The summed E-state index contributed by atoms with van der Waals surface area (Å²) in [4.78, 5) is 11.5. The average Bonchev–Trinajstić information content (AvgIpc) is 3.92. The first-order chi connectivity index (χ1) is 29.2. The summed E-state index contributed by atoms with van der Waals surface area (Å²) < 4.78 is 114. The third-order valence-electron chi connectivity index (χ3n) is 9.97. The number of thiazole rings is 2. The van der Waals surface area contributed by atoms with Crippen LogP contribution in [0.1, 0.15) is 22.5 Å². The van der Waals surface area contributed by atoms with Crippen LogP contribution in [0, 0.1) is 23.3 Å². The summed E-state index contributed by atoms with van der Waals surface area (Å²) in [6, 6.07) is 21.4. The van der Waals surface area contributed by atoms with Crippen LogP contribution in [-0.4, -0.2) is 94.9 Å². The number of aromatic nitrogens is 2. The maximum Gasteiger partial charge on any atom is 0.249 e. The molecule has 0 unspecified atom stereocenters. The van der Waals surface area contributed by atoms with Crippen molar-refractivity contribution in [2.45, 2.75) is 22.6 Å². The first-order valence-electron chi connectivity index (χ1n) is 18.9. The van der Waals surface area contributed by atoms with E-state index in [1.165, 1.54) is 22.7 Å². The molecule has 4 aromatic carbocycles. The van der Waals surface area contributed by atoms with E-state index in [0.717, 1.165) is 83.5 Å². The van der Waals surface area contributed by atoms with Crippen molar-refractivity contribution in [3.63, 3.8) is 0 Å². The molecule has 0 amide bonds. The Hall–Kier alpha value is -4.63. The van der Waals surface area contributed by atoms with Gasteiger partial charge in [0, 0.05) is 81.0 Å². The molecule has 2 saturated heterocycles. The van der Waals surface area contributed by atoms with Crippen molar-refractivity contribution >= 4 is 64.6 Å². The van der Waals surface area contributed by atoms with Crippen molar-refractivity contribution in [3.8, 4) is 5.75 Å². The number of ether oxygens (including phenoxy) is 1. The zero-order chi connectivity index (χ0) is 43.3. The van der Waals surface area contributed by atoms with Crippen LogP contribution in [0.5, 0.6) is 5.75 Å². The second-order valence-electron chi connectivity index (χ2n) is 14.0. The van der Waals surface area contributed by atoms with Gasteiger partial charge >= 0.3 is 0 Å². The Morgan fingerprint density at radius 2 is 0.934 bits per heavy atom. The Bertz CT molecular complexity index is 2630. The molecule has 20 heteroatoms. The van der Waals surface area contributed by atoms with Crippen LogP contribution in [0.15, 0.2) is 105 Å². The highest BCUT2D eigenvalue weighted by Gasteiger charge is 2.35. The summed E-state index contributed by atoms with van der Waals surface area (Å²) in [6.07, 6.45) is 1.36. The number of hydrogen-bond acceptors (Lipinski definition) is 11. The number of benzene rings is 4. The van der Waals surface area contributed by atoms with E-state index in [4.69, 9.17) is 16.3 Å². The summed E-state index contributed by atoms with van der Waals surface area (Å²) >= 11 is 8.90. The average molecular weight is 936 g/mol. The molecular weight excluding hydrogens is 896 g/mol. The van der Waals surface area contributed by atoms with Crippen LogP contribution >= 0.6 is 34.3 Å². The molecule has 2 aromatic heterocycles. The van der Waals surface area contributed by atoms with E-state index in [2.05, 4.69) is 9.97 Å². The topological polar surface area (TPSA) is 116 Å². The van der Waals surface area contributed by atoms with Gasteiger partial charge in [-0.2, -0.15) is 8.61 Å². The predicted molar refractivity (Wildman–Crippen MR) is 229 cm³/mol. The molecule has 61 heavy (non-hydrogen) atoms. The van der Waals surface area contributed by atoms with Crippen LogP contribution in [0.2, 0.25) is 5.02 Å². The van der Waals surface area contributed by atoms with Gasteiger partial charge in [0.25, 0.3) is 0 Å². The molecule has 0 radical (unpaired) electrons. The Morgan fingerprint density at radius 1 is 0.574 bits per heavy atom. The van der Waals surface area contributed by atoms with Gasteiger partial charge in [0.15, 0.2) is 20.1 Å². The van der Waals surface area contributed by atoms with Crippen LogP contribution in [-0.2, 0) is 32.9 Å². The number of nitrogens with zero attached hydrogens (tertiary/aromatic N) is 6. The van der Waals surface area contributed by atoms with Crippen molar-refractivity contribution in [2.75, 3.05) is 69.3 Å². The molecule has 6 aromatic rings. The lowest BCUT2D eigenvalue weighted by Gasteiger charge is -2.33. The first-order valence-corrected chi connectivity index (χ1v) is 23.9. The van der Waals surface area contributed by atoms with Crippen LogP contribution in [0.4, 0.5) is 27.8 Å². The molecule has 2 aliphatic heterocycles. The largest absolute Gasteiger partial charge is 0.497 e. The first kappa shape index (κ1) is 44.4. The number of halogens is 5. The fraction of sp³-hybridized carbons (Fsp3) is 0.268. The van der Waals surface area contributed by atoms with Crippen molar-refractivity contribution in [1.29, 1.82) is 0 Å². The highest BCUT2D eigenvalue weighted by molar-refractivity contribution is 7.89. The Labute approximate surface area is 364 Å². The van der Waals surface area contributed by atoms with Crippen LogP contribution in [0.3, 0.4) is 0 Å². The van der Waals surface area contributed by atoms with Crippen molar-refractivity contribution in [1.82, 2.24) is 18.6 Å². The molecular formula is C41H39ClF4N6O5S4. The molecule has 8 rings (SSSR count). The van der Waals surface area contributed by atoms with Crippen molar-refractivity contribution < 1.29 is 39.1 Å². The van der Waals surface area contributed by atoms with E-state index in [1.807, 2.05) is 69.1 Å². The van der Waals surface area contributed by atoms with Gasteiger partial charge in [0.1, 0.15) is 29.0 Å². The second kappa shape index (κ2) is 19.2. The van der Waals surface area contributed by atoms with Gasteiger partial charge in [0.05, 0.1) is 18.5 Å². The van der Waals surface area contributed by atoms with Gasteiger partial charge in [-0.25, -0.2) is 44.4 Å². The highest BCUT2D eigenvalue weighted by atomic mass is 35.5. The fourth-order valence-electron chi connectivity index (χ4n) is 6.76. The zero-order valence-corrected chi connectivity index (χ0v) is 36.6. The monoisotopic (exact) mass is 934 g/mol. The van der Waals surface area contributed by atoms with Crippen LogP contribution < -0.4 is 14.5 Å². The summed E-state index contributed by atoms with van der Waals surface area (Å²) in [7, 11) is -6.86. The minimum absolute atomic E-state index is 0.127. The Morgan fingerprint density at radius 3 is 1.30 bits per heavy atom. The molecule has 11 nitrogen and oxygen atoms in total. The van der Waals surface area contributed by atoms with Gasteiger partial charge in [-0.05, 0) is 59.7 Å². The number of anilines is 2. The van der Waals surface area contributed by atoms with Gasteiger partial charge < -0.3 is 14.5 Å². The molecule has 0 saturated carbocycles. The lowest BCUT2D eigenvalue weighted by atomic mass is 10.1. The molecule has 4 heterocycles. The smallest absolute Gasteiger partial charge is 0.249 e. The number of piperazine rings is 2. The number of methoxy groups -OCH3 is 1. The highest BCUT2D eigenvalue weighted by Crippen LogP contribution is 2.29. The van der Waals surface area contributed by atoms with Gasteiger partial charge in [-0.15, -0.1) is 22.7 Å². The quantitative estimate of drug-likeness (QED) is 0.121. The molecule has 2 aliphatic rings. The molecule has 322 valence electrons. The standard InChI is InChI=1S/C21H21F2N3O3S2.C20H18ClF2N3O2S2/c1-29-17-7-5-15(6-8-17)13-16-14-30-21(24-16)25-9-11-26(12-10-25)31(27,28)20-18(22)3-2-4-19(20)23;21-15-6-4-14(5-7-15)12-16-13-29-20(24-16)25-8-10-26(11-9-25)30(27,28)19-17(22)2-1-3-18(19)23/h2-8,14H,9-13H2,1H3;1-7,13H,8-12H2. The number of hydrogen-bond donors (Lipinski definition) is 0. The third-order valence-corrected chi connectivity index (χ3v) is 16.0. The van der Waals surface area contributed by atoms with E-state index in [0.29, 0.717) is 44.0 Å². The molecule has 0 bridgehead atoms. The summed E-state index contributed by atoms with van der Waals surface area (Å²) in [6.45, 7) is 2.08. The van der Waals surface area contributed by atoms with Crippen molar-refractivity contribution in [2.24, 2.45) is 0 Å². The SMILES string of the molecule is COc1ccc(Cc2csc(N3CCN(S(=O)(=O)c4c(F)cccc4F)CC3)n2)cc1.O=S(=O)(c1c(F)cccc1F)N1CCN(c2nc(Cc3ccc(Cl)cc3)cs2)CC1. The maximum atomic E-state index is 14.0. The lowest BCUT2D eigenvalue weighted by molar-refractivity contribution is 0.378. The molecule has 0 aliphatic carbocycles. The van der Waals surface area contributed by atoms with Gasteiger partial charge in [0.2, 0.25) is 20.0 Å². The fourth-order valence-corrected chi connectivity index (χ4v) is 11.7. The molecule has 2 fully saturated rings. The third kappa shape index (κ3) is 10.4. The molecule has 0 spiro atoms. The van der Waals surface area contributed by atoms with E-state index >= 15 is 0 Å². The summed E-state index contributed by atoms with van der Waals surface area (Å²) in [5.74, 6) is -3.52. The van der Waals surface area contributed by atoms with Crippen molar-refractivity contribution in [3.05, 3.63) is 146 Å². The summed E-state index contributed by atoms with van der Waals surface area (Å²) in [5, 5.41) is 6.24. The maximum absolute atomic E-state index is 14.0. The van der Waals surface area contributed by atoms with E-state index in [9.17, 15) is 34.4 Å². The van der Waals surface area contributed by atoms with E-state index in [-0.39, 0.29) is 26.2 Å². The second-order valence-corrected chi connectivity index (χ2v) is 19.8. The lowest BCUT2D eigenvalue weighted by Crippen LogP contribution is -2.49. The minimum atomic E-state index is -4.24. The molecule has 0 N–H and O–H groups in total. The zero-order valence-electron chi connectivity index (χ0n) is 32.6. The van der Waals surface area contributed by atoms with E-state index < -0.39 is 53.1 Å². The Balaban J connectivity index is 0.000000184. The normalized spacial score (nSPS) is 15.4. The predicted octanol–water partition coefficient (Wildman–Crippen LogP) is 7.71. The van der Waals surface area contributed by atoms with E-state index in [1.54, 1.807) is 7.11 Å². The van der Waals surface area contributed by atoms with Gasteiger partial charge in [-0.3, -0.25) is 0 Å².